The van der Waals surface area contributed by atoms with E-state index in [4.69, 9.17) is 0 Å². The van der Waals surface area contributed by atoms with E-state index in [1.165, 1.54) is 12.8 Å². The first-order valence-corrected chi connectivity index (χ1v) is 5.02. The van der Waals surface area contributed by atoms with Crippen molar-refractivity contribution < 1.29 is 4.79 Å². The molecule has 1 saturated carbocycles. The summed E-state index contributed by atoms with van der Waals surface area (Å²) >= 11 is 1.57. The molecule has 0 aliphatic heterocycles. The number of amides is 1. The highest BCUT2D eigenvalue weighted by Gasteiger charge is 2.29. The number of carbonyl (C=O) groups excluding carboxylic acids is 1. The average molecular weight is 181 g/mol. The van der Waals surface area contributed by atoms with E-state index in [1.54, 1.807) is 11.3 Å². The maximum Gasteiger partial charge on any atom is 0.254 e. The van der Waals surface area contributed by atoms with Crippen LogP contribution in [0.2, 0.25) is 0 Å². The van der Waals surface area contributed by atoms with E-state index in [0.717, 1.165) is 5.56 Å². The van der Waals surface area contributed by atoms with E-state index in [9.17, 15) is 4.79 Å². The van der Waals surface area contributed by atoms with Crippen LogP contribution in [0.4, 0.5) is 0 Å². The van der Waals surface area contributed by atoms with Gasteiger partial charge in [0, 0.05) is 18.5 Å². The van der Waals surface area contributed by atoms with Gasteiger partial charge in [-0.15, -0.1) is 0 Å². The van der Waals surface area contributed by atoms with Gasteiger partial charge in [-0.05, 0) is 24.3 Å². The molecule has 64 valence electrons. The third-order valence-corrected chi connectivity index (χ3v) is 2.87. The van der Waals surface area contributed by atoms with Gasteiger partial charge in [-0.25, -0.2) is 0 Å². The molecule has 0 N–H and O–H groups in total. The molecule has 0 unspecified atom stereocenters. The molecule has 2 nitrogen and oxygen atoms in total. The fourth-order valence-corrected chi connectivity index (χ4v) is 1.85. The molecule has 2 rings (SSSR count). The number of thiophene rings is 1. The van der Waals surface area contributed by atoms with Gasteiger partial charge in [0.05, 0.1) is 5.56 Å². The minimum atomic E-state index is 0.166. The highest BCUT2D eigenvalue weighted by Crippen LogP contribution is 2.26. The molecular formula is C9H11NOS. The largest absolute Gasteiger partial charge is 0.339 e. The van der Waals surface area contributed by atoms with Crippen molar-refractivity contribution in [3.05, 3.63) is 22.4 Å². The van der Waals surface area contributed by atoms with E-state index < -0.39 is 0 Å². The van der Waals surface area contributed by atoms with Crippen molar-refractivity contribution in [3.8, 4) is 0 Å². The topological polar surface area (TPSA) is 20.3 Å². The van der Waals surface area contributed by atoms with Crippen LogP contribution in [-0.4, -0.2) is 23.9 Å². The van der Waals surface area contributed by atoms with Crippen LogP contribution in [0.15, 0.2) is 16.8 Å². The van der Waals surface area contributed by atoms with Crippen LogP contribution in [0.1, 0.15) is 23.2 Å². The van der Waals surface area contributed by atoms with E-state index in [0.29, 0.717) is 6.04 Å². The quantitative estimate of drug-likeness (QED) is 0.683. The predicted octanol–water partition coefficient (Wildman–Crippen LogP) is 1.98. The van der Waals surface area contributed by atoms with Crippen LogP contribution in [-0.2, 0) is 0 Å². The minimum absolute atomic E-state index is 0.166. The molecule has 0 bridgehead atoms. The molecule has 1 fully saturated rings. The van der Waals surface area contributed by atoms with Gasteiger partial charge >= 0.3 is 0 Å². The molecule has 1 aromatic heterocycles. The van der Waals surface area contributed by atoms with Crippen LogP contribution in [0, 0.1) is 0 Å². The molecular weight excluding hydrogens is 170 g/mol. The van der Waals surface area contributed by atoms with E-state index in [-0.39, 0.29) is 5.91 Å². The summed E-state index contributed by atoms with van der Waals surface area (Å²) < 4.78 is 0. The summed E-state index contributed by atoms with van der Waals surface area (Å²) in [5.41, 5.74) is 0.828. The molecule has 0 saturated heterocycles. The summed E-state index contributed by atoms with van der Waals surface area (Å²) in [6.07, 6.45) is 2.35. The third-order valence-electron chi connectivity index (χ3n) is 2.18. The van der Waals surface area contributed by atoms with Gasteiger partial charge in [0.25, 0.3) is 5.91 Å². The van der Waals surface area contributed by atoms with E-state index >= 15 is 0 Å². The lowest BCUT2D eigenvalue weighted by molar-refractivity contribution is 0.0785. The van der Waals surface area contributed by atoms with Crippen molar-refractivity contribution >= 4 is 17.2 Å². The maximum absolute atomic E-state index is 11.6. The standard InChI is InChI=1S/C9H11NOS/c1-10(8-2-3-8)9(11)7-4-5-12-6-7/h4-6,8H,2-3H2,1H3. The van der Waals surface area contributed by atoms with Crippen LogP contribution in [0.3, 0.4) is 0 Å². The molecule has 0 atom stereocenters. The van der Waals surface area contributed by atoms with Crippen molar-refractivity contribution in [2.45, 2.75) is 18.9 Å². The summed E-state index contributed by atoms with van der Waals surface area (Å²) in [7, 11) is 1.89. The van der Waals surface area contributed by atoms with Crippen molar-refractivity contribution in [2.24, 2.45) is 0 Å². The second-order valence-electron chi connectivity index (χ2n) is 3.16. The Kier molecular flexibility index (Phi) is 1.89. The molecule has 0 radical (unpaired) electrons. The first-order valence-electron chi connectivity index (χ1n) is 4.08. The zero-order valence-electron chi connectivity index (χ0n) is 6.99. The highest BCUT2D eigenvalue weighted by molar-refractivity contribution is 7.08. The van der Waals surface area contributed by atoms with Crippen LogP contribution in [0.5, 0.6) is 0 Å². The lowest BCUT2D eigenvalue weighted by Crippen LogP contribution is -2.28. The zero-order valence-corrected chi connectivity index (χ0v) is 7.80. The highest BCUT2D eigenvalue weighted by atomic mass is 32.1. The number of hydrogen-bond donors (Lipinski definition) is 0. The summed E-state index contributed by atoms with van der Waals surface area (Å²) in [6.45, 7) is 0. The molecule has 1 aromatic rings. The first kappa shape index (κ1) is 7.80. The Morgan fingerprint density at radius 1 is 1.67 bits per heavy atom. The second kappa shape index (κ2) is 2.90. The van der Waals surface area contributed by atoms with Crippen molar-refractivity contribution in [1.82, 2.24) is 4.90 Å². The van der Waals surface area contributed by atoms with Gasteiger partial charge in [0.2, 0.25) is 0 Å². The van der Waals surface area contributed by atoms with Crippen LogP contribution >= 0.6 is 11.3 Å². The monoisotopic (exact) mass is 181 g/mol. The van der Waals surface area contributed by atoms with Crippen LogP contribution < -0.4 is 0 Å². The molecule has 3 heteroatoms. The predicted molar refractivity (Wildman–Crippen MR) is 49.4 cm³/mol. The lowest BCUT2D eigenvalue weighted by atomic mass is 10.3. The van der Waals surface area contributed by atoms with Crippen molar-refractivity contribution in [1.29, 1.82) is 0 Å². The second-order valence-corrected chi connectivity index (χ2v) is 3.94. The Balaban J connectivity index is 2.09. The lowest BCUT2D eigenvalue weighted by Gasteiger charge is -2.14. The molecule has 0 spiro atoms. The molecule has 1 heterocycles. The fraction of sp³-hybridized carbons (Fsp3) is 0.444. The van der Waals surface area contributed by atoms with Gasteiger partial charge in [-0.2, -0.15) is 11.3 Å². The molecule has 12 heavy (non-hydrogen) atoms. The van der Waals surface area contributed by atoms with Gasteiger partial charge in [0.1, 0.15) is 0 Å². The smallest absolute Gasteiger partial charge is 0.254 e. The molecule has 1 amide bonds. The first-order chi connectivity index (χ1) is 5.79. The Bertz CT molecular complexity index is 277. The Morgan fingerprint density at radius 2 is 2.42 bits per heavy atom. The van der Waals surface area contributed by atoms with Gasteiger partial charge < -0.3 is 4.90 Å². The average Bonchev–Trinajstić information content (AvgIpc) is 2.79. The molecule has 1 aliphatic carbocycles. The normalized spacial score (nSPS) is 16.1. The van der Waals surface area contributed by atoms with Gasteiger partial charge in [-0.3, -0.25) is 4.79 Å². The summed E-state index contributed by atoms with van der Waals surface area (Å²) in [4.78, 5) is 13.5. The van der Waals surface area contributed by atoms with E-state index in [1.807, 2.05) is 28.8 Å². The summed E-state index contributed by atoms with van der Waals surface area (Å²) in [5.74, 6) is 0.166. The van der Waals surface area contributed by atoms with E-state index in [2.05, 4.69) is 0 Å². The fourth-order valence-electron chi connectivity index (χ4n) is 1.22. The zero-order chi connectivity index (χ0) is 8.55. The Morgan fingerprint density at radius 3 is 2.92 bits per heavy atom. The molecule has 0 aromatic carbocycles. The maximum atomic E-state index is 11.6. The number of hydrogen-bond acceptors (Lipinski definition) is 2. The van der Waals surface area contributed by atoms with Crippen LogP contribution in [0.25, 0.3) is 0 Å². The Hall–Kier alpha value is -0.830. The minimum Gasteiger partial charge on any atom is -0.339 e. The Labute approximate surface area is 75.8 Å². The van der Waals surface area contributed by atoms with Crippen molar-refractivity contribution in [2.75, 3.05) is 7.05 Å². The van der Waals surface area contributed by atoms with Gasteiger partial charge in [0.15, 0.2) is 0 Å². The SMILES string of the molecule is CN(C(=O)c1ccsc1)C1CC1. The number of rotatable bonds is 2. The number of carbonyl (C=O) groups is 1. The third kappa shape index (κ3) is 1.37. The summed E-state index contributed by atoms with van der Waals surface area (Å²) in [5, 5.41) is 3.84. The van der Waals surface area contributed by atoms with Gasteiger partial charge in [-0.1, -0.05) is 0 Å². The molecule has 1 aliphatic rings. The number of nitrogens with zero attached hydrogens (tertiary/aromatic N) is 1. The summed E-state index contributed by atoms with van der Waals surface area (Å²) in [6, 6.07) is 2.39. The van der Waals surface area contributed by atoms with Crippen molar-refractivity contribution in [3.63, 3.8) is 0 Å².